The second kappa shape index (κ2) is 6.34. The minimum absolute atomic E-state index is 0.111. The molecule has 1 fully saturated rings. The first kappa shape index (κ1) is 13.6. The molecule has 1 unspecified atom stereocenters. The number of nitrogens with one attached hydrogen (secondary N) is 1. The van der Waals surface area contributed by atoms with Crippen LogP contribution in [0.5, 0.6) is 0 Å². The topological polar surface area (TPSA) is 46.2 Å². The smallest absolute Gasteiger partial charge is 0.242 e. The number of halogens is 1. The van der Waals surface area contributed by atoms with Gasteiger partial charge in [-0.3, -0.25) is 9.00 Å². The Morgan fingerprint density at radius 2 is 1.89 bits per heavy atom. The minimum Gasteiger partial charge on any atom is -0.352 e. The second-order valence-electron chi connectivity index (χ2n) is 4.40. The van der Waals surface area contributed by atoms with Crippen molar-refractivity contribution < 1.29 is 9.00 Å². The Morgan fingerprint density at radius 3 is 2.50 bits per heavy atom. The molecule has 1 aromatic carbocycles. The molecule has 1 saturated heterocycles. The lowest BCUT2D eigenvalue weighted by molar-refractivity contribution is -0.121. The number of carbonyl (C=O) groups is 1. The standard InChI is InChI=1S/C13H16ClNO2S/c14-12(10-4-2-1-3-5-10)13(16)15-11-6-8-18(17)9-7-11/h1-5,11-12H,6-9H2,(H,15,16). The van der Waals surface area contributed by atoms with Crippen molar-refractivity contribution in [1.29, 1.82) is 0 Å². The third kappa shape index (κ3) is 3.56. The molecule has 1 aliphatic heterocycles. The van der Waals surface area contributed by atoms with Crippen LogP contribution in [-0.2, 0) is 15.6 Å². The van der Waals surface area contributed by atoms with E-state index in [0.717, 1.165) is 18.4 Å². The Balaban J connectivity index is 1.90. The summed E-state index contributed by atoms with van der Waals surface area (Å²) in [5, 5.41) is 2.28. The van der Waals surface area contributed by atoms with E-state index in [-0.39, 0.29) is 11.9 Å². The molecule has 18 heavy (non-hydrogen) atoms. The first-order chi connectivity index (χ1) is 8.66. The van der Waals surface area contributed by atoms with Crippen LogP contribution in [0, 0.1) is 0 Å². The van der Waals surface area contributed by atoms with E-state index in [1.165, 1.54) is 0 Å². The molecule has 1 aliphatic rings. The Labute approximate surface area is 114 Å². The van der Waals surface area contributed by atoms with Crippen LogP contribution in [-0.4, -0.2) is 27.7 Å². The molecule has 1 aromatic rings. The SMILES string of the molecule is O=C(NC1CCS(=O)CC1)C(Cl)c1ccccc1. The van der Waals surface area contributed by atoms with Gasteiger partial charge in [-0.25, -0.2) is 0 Å². The van der Waals surface area contributed by atoms with E-state index in [2.05, 4.69) is 5.32 Å². The third-order valence-corrected chi connectivity index (χ3v) is 4.89. The lowest BCUT2D eigenvalue weighted by atomic mass is 10.1. The van der Waals surface area contributed by atoms with Crippen LogP contribution in [0.15, 0.2) is 30.3 Å². The van der Waals surface area contributed by atoms with Gasteiger partial charge < -0.3 is 5.32 Å². The predicted molar refractivity (Wildman–Crippen MR) is 74.1 cm³/mol. The van der Waals surface area contributed by atoms with Gasteiger partial charge in [-0.05, 0) is 18.4 Å². The van der Waals surface area contributed by atoms with E-state index in [1.807, 2.05) is 30.3 Å². The van der Waals surface area contributed by atoms with Gasteiger partial charge in [0.05, 0.1) is 0 Å². The van der Waals surface area contributed by atoms with Gasteiger partial charge in [-0.15, -0.1) is 11.6 Å². The highest BCUT2D eigenvalue weighted by Crippen LogP contribution is 2.21. The Morgan fingerprint density at radius 1 is 1.28 bits per heavy atom. The van der Waals surface area contributed by atoms with E-state index < -0.39 is 16.2 Å². The number of hydrogen-bond acceptors (Lipinski definition) is 2. The lowest BCUT2D eigenvalue weighted by Crippen LogP contribution is -2.40. The molecule has 0 bridgehead atoms. The molecule has 98 valence electrons. The number of carbonyl (C=O) groups excluding carboxylic acids is 1. The summed E-state index contributed by atoms with van der Waals surface area (Å²) in [6, 6.07) is 9.41. The van der Waals surface area contributed by atoms with Crippen LogP contribution >= 0.6 is 11.6 Å². The van der Waals surface area contributed by atoms with Crippen LogP contribution in [0.3, 0.4) is 0 Å². The molecule has 1 atom stereocenters. The number of amides is 1. The molecule has 3 nitrogen and oxygen atoms in total. The second-order valence-corrected chi connectivity index (χ2v) is 6.54. The summed E-state index contributed by atoms with van der Waals surface area (Å²) in [6.45, 7) is 0. The number of hydrogen-bond donors (Lipinski definition) is 1. The average Bonchev–Trinajstić information content (AvgIpc) is 2.41. The highest BCUT2D eigenvalue weighted by molar-refractivity contribution is 7.85. The summed E-state index contributed by atoms with van der Waals surface area (Å²) in [4.78, 5) is 12.0. The predicted octanol–water partition coefficient (Wildman–Crippen LogP) is 1.99. The molecular weight excluding hydrogens is 270 g/mol. The Bertz CT molecular complexity index is 428. The van der Waals surface area contributed by atoms with Crippen molar-refractivity contribution in [2.75, 3.05) is 11.5 Å². The highest BCUT2D eigenvalue weighted by Gasteiger charge is 2.23. The van der Waals surface area contributed by atoms with Crippen molar-refractivity contribution in [3.63, 3.8) is 0 Å². The lowest BCUT2D eigenvalue weighted by Gasteiger charge is -2.23. The fourth-order valence-electron chi connectivity index (χ4n) is 1.99. The van der Waals surface area contributed by atoms with E-state index in [0.29, 0.717) is 11.5 Å². The van der Waals surface area contributed by atoms with Gasteiger partial charge in [-0.2, -0.15) is 0 Å². The van der Waals surface area contributed by atoms with Crippen LogP contribution in [0.1, 0.15) is 23.8 Å². The number of alkyl halides is 1. The maximum Gasteiger partial charge on any atom is 0.242 e. The Kier molecular flexibility index (Phi) is 4.78. The normalized spacial score (nSPS) is 25.4. The van der Waals surface area contributed by atoms with Crippen molar-refractivity contribution >= 4 is 28.3 Å². The number of benzene rings is 1. The Hall–Kier alpha value is -0.870. The molecule has 2 rings (SSSR count). The van der Waals surface area contributed by atoms with Crippen molar-refractivity contribution in [3.05, 3.63) is 35.9 Å². The zero-order chi connectivity index (χ0) is 13.0. The van der Waals surface area contributed by atoms with Crippen molar-refractivity contribution in [3.8, 4) is 0 Å². The minimum atomic E-state index is -0.707. The van der Waals surface area contributed by atoms with Gasteiger partial charge in [0.1, 0.15) is 5.38 Å². The quantitative estimate of drug-likeness (QED) is 0.864. The molecule has 1 heterocycles. The van der Waals surface area contributed by atoms with Gasteiger partial charge in [0.25, 0.3) is 0 Å². The maximum absolute atomic E-state index is 12.0. The molecule has 0 spiro atoms. The molecule has 1 amide bonds. The molecule has 5 heteroatoms. The van der Waals surface area contributed by atoms with E-state index in [4.69, 9.17) is 11.6 Å². The molecule has 0 radical (unpaired) electrons. The summed E-state index contributed by atoms with van der Waals surface area (Å²) >= 11 is 6.13. The van der Waals surface area contributed by atoms with Gasteiger partial charge in [-0.1, -0.05) is 30.3 Å². The van der Waals surface area contributed by atoms with E-state index in [9.17, 15) is 9.00 Å². The fraction of sp³-hybridized carbons (Fsp3) is 0.462. The molecule has 0 aromatic heterocycles. The monoisotopic (exact) mass is 285 g/mol. The zero-order valence-electron chi connectivity index (χ0n) is 9.97. The van der Waals surface area contributed by atoms with Crippen molar-refractivity contribution in [2.45, 2.75) is 24.3 Å². The van der Waals surface area contributed by atoms with Crippen LogP contribution < -0.4 is 5.32 Å². The first-order valence-corrected chi connectivity index (χ1v) is 7.93. The molecule has 1 N–H and O–H groups in total. The first-order valence-electron chi connectivity index (χ1n) is 6.01. The summed E-state index contributed by atoms with van der Waals surface area (Å²) in [6.07, 6.45) is 1.55. The van der Waals surface area contributed by atoms with E-state index >= 15 is 0 Å². The maximum atomic E-state index is 12.0. The van der Waals surface area contributed by atoms with Crippen molar-refractivity contribution in [2.24, 2.45) is 0 Å². The van der Waals surface area contributed by atoms with Gasteiger partial charge in [0, 0.05) is 28.3 Å². The van der Waals surface area contributed by atoms with Gasteiger partial charge in [0.15, 0.2) is 0 Å². The zero-order valence-corrected chi connectivity index (χ0v) is 11.5. The number of rotatable bonds is 3. The van der Waals surface area contributed by atoms with Gasteiger partial charge >= 0.3 is 0 Å². The summed E-state index contributed by atoms with van der Waals surface area (Å²) in [5.41, 5.74) is 0.802. The summed E-state index contributed by atoms with van der Waals surface area (Å²) < 4.78 is 11.2. The van der Waals surface area contributed by atoms with Gasteiger partial charge in [0.2, 0.25) is 5.91 Å². The van der Waals surface area contributed by atoms with Crippen LogP contribution in [0.4, 0.5) is 0 Å². The van der Waals surface area contributed by atoms with Crippen LogP contribution in [0.2, 0.25) is 0 Å². The molecule has 0 saturated carbocycles. The third-order valence-electron chi connectivity index (χ3n) is 3.06. The molecular formula is C13H16ClNO2S. The van der Waals surface area contributed by atoms with Crippen LogP contribution in [0.25, 0.3) is 0 Å². The van der Waals surface area contributed by atoms with Crippen molar-refractivity contribution in [1.82, 2.24) is 5.32 Å². The van der Waals surface area contributed by atoms with E-state index in [1.54, 1.807) is 0 Å². The molecule has 0 aliphatic carbocycles. The summed E-state index contributed by atoms with van der Waals surface area (Å²) in [7, 11) is -0.707. The fourth-order valence-corrected chi connectivity index (χ4v) is 3.49. The largest absolute Gasteiger partial charge is 0.352 e. The highest BCUT2D eigenvalue weighted by atomic mass is 35.5. The average molecular weight is 286 g/mol. The summed E-state index contributed by atoms with van der Waals surface area (Å²) in [5.74, 6) is 1.17.